The molecule has 2 aliphatic heterocycles. The molecule has 0 radical (unpaired) electrons. The smallest absolute Gasteiger partial charge is 0.254 e. The lowest BCUT2D eigenvalue weighted by atomic mass is 10.1. The summed E-state index contributed by atoms with van der Waals surface area (Å²) in [6.07, 6.45) is 4.66. The first-order valence-electron chi connectivity index (χ1n) is 9.68. The molecular weight excluding hydrogens is 394 g/mol. The highest BCUT2D eigenvalue weighted by Crippen LogP contribution is 2.31. The molecule has 2 N–H and O–H groups in total. The van der Waals surface area contributed by atoms with Gasteiger partial charge >= 0.3 is 0 Å². The van der Waals surface area contributed by atoms with E-state index in [1.165, 1.54) is 18.9 Å². The van der Waals surface area contributed by atoms with Crippen LogP contribution in [0.3, 0.4) is 0 Å². The zero-order valence-electron chi connectivity index (χ0n) is 15.7. The Kier molecular flexibility index (Phi) is 5.55. The second-order valence-electron chi connectivity index (χ2n) is 7.54. The number of carbonyl (C=O) groups excluding carboxylic acids is 1. The van der Waals surface area contributed by atoms with Crippen LogP contribution in [0, 0.1) is 0 Å². The minimum absolute atomic E-state index is 0.0876. The summed E-state index contributed by atoms with van der Waals surface area (Å²) in [5, 5.41) is 5.18. The Morgan fingerprint density at radius 2 is 1.75 bits per heavy atom. The van der Waals surface area contributed by atoms with E-state index in [9.17, 15) is 13.2 Å². The van der Waals surface area contributed by atoms with Gasteiger partial charge in [-0.3, -0.25) is 4.79 Å². The predicted molar refractivity (Wildman–Crippen MR) is 111 cm³/mol. The van der Waals surface area contributed by atoms with Crippen LogP contribution in [-0.2, 0) is 10.0 Å². The van der Waals surface area contributed by atoms with Crippen molar-refractivity contribution in [2.75, 3.05) is 26.2 Å². The highest BCUT2D eigenvalue weighted by molar-refractivity contribution is 7.91. The van der Waals surface area contributed by atoms with Crippen LogP contribution in [0.5, 0.6) is 0 Å². The third kappa shape index (κ3) is 4.15. The molecule has 8 heteroatoms. The van der Waals surface area contributed by atoms with Crippen molar-refractivity contribution in [3.05, 3.63) is 42.0 Å². The Labute approximate surface area is 170 Å². The van der Waals surface area contributed by atoms with Crippen molar-refractivity contribution in [1.82, 2.24) is 9.80 Å². The molecule has 150 valence electrons. The van der Waals surface area contributed by atoms with Crippen LogP contribution < -0.4 is 5.14 Å². The van der Waals surface area contributed by atoms with Crippen LogP contribution >= 0.6 is 11.3 Å². The first kappa shape index (κ1) is 19.6. The third-order valence-electron chi connectivity index (χ3n) is 5.58. The fourth-order valence-electron chi connectivity index (χ4n) is 4.13. The SMILES string of the molecule is NS(=O)(=O)c1ccc(-c2ccc(C(=O)N3CCCC3CN3CCCC3)cc2)s1. The normalized spacial score (nSPS) is 20.8. The quantitative estimate of drug-likeness (QED) is 0.808. The summed E-state index contributed by atoms with van der Waals surface area (Å²) in [7, 11) is -3.69. The van der Waals surface area contributed by atoms with Crippen LogP contribution in [0.25, 0.3) is 10.4 Å². The molecule has 1 aromatic carbocycles. The second kappa shape index (κ2) is 7.94. The van der Waals surface area contributed by atoms with Crippen LogP contribution in [-0.4, -0.2) is 56.3 Å². The molecule has 0 bridgehead atoms. The first-order valence-corrected chi connectivity index (χ1v) is 12.0. The van der Waals surface area contributed by atoms with Crippen LogP contribution in [0.4, 0.5) is 0 Å². The summed E-state index contributed by atoms with van der Waals surface area (Å²) in [5.41, 5.74) is 1.56. The van der Waals surface area contributed by atoms with Crippen molar-refractivity contribution in [2.24, 2.45) is 5.14 Å². The van der Waals surface area contributed by atoms with Gasteiger partial charge in [0.25, 0.3) is 5.91 Å². The van der Waals surface area contributed by atoms with Gasteiger partial charge in [-0.05, 0) is 68.6 Å². The Bertz CT molecular complexity index is 947. The number of rotatable bonds is 5. The summed E-state index contributed by atoms with van der Waals surface area (Å²) in [4.78, 5) is 18.3. The summed E-state index contributed by atoms with van der Waals surface area (Å²) < 4.78 is 23.1. The Hall–Kier alpha value is -1.74. The average Bonchev–Trinajstić information content (AvgIpc) is 3.43. The molecule has 4 rings (SSSR count). The molecule has 0 spiro atoms. The number of thiophene rings is 1. The Morgan fingerprint density at radius 1 is 1.04 bits per heavy atom. The van der Waals surface area contributed by atoms with E-state index in [1.54, 1.807) is 6.07 Å². The topological polar surface area (TPSA) is 83.7 Å². The first-order chi connectivity index (χ1) is 13.4. The third-order valence-corrected chi connectivity index (χ3v) is 8.16. The van der Waals surface area contributed by atoms with E-state index in [0.717, 1.165) is 60.8 Å². The highest BCUT2D eigenvalue weighted by atomic mass is 32.2. The molecule has 1 aromatic heterocycles. The molecule has 2 aliphatic rings. The Morgan fingerprint density at radius 3 is 2.39 bits per heavy atom. The number of hydrogen-bond donors (Lipinski definition) is 1. The second-order valence-corrected chi connectivity index (χ2v) is 10.4. The minimum Gasteiger partial charge on any atom is -0.334 e. The fourth-order valence-corrected chi connectivity index (χ4v) is 5.86. The molecule has 3 heterocycles. The van der Waals surface area contributed by atoms with E-state index in [2.05, 4.69) is 4.90 Å². The molecular formula is C20H25N3O3S2. The number of primary sulfonamides is 1. The molecule has 1 atom stereocenters. The number of likely N-dealkylation sites (tertiary alicyclic amines) is 2. The van der Waals surface area contributed by atoms with Crippen LogP contribution in [0.2, 0.25) is 0 Å². The maximum Gasteiger partial charge on any atom is 0.254 e. The van der Waals surface area contributed by atoms with Gasteiger partial charge in [-0.25, -0.2) is 13.6 Å². The van der Waals surface area contributed by atoms with Gasteiger partial charge in [-0.1, -0.05) is 12.1 Å². The average molecular weight is 420 g/mol. The van der Waals surface area contributed by atoms with Crippen LogP contribution in [0.1, 0.15) is 36.0 Å². The number of nitrogens with zero attached hydrogens (tertiary/aromatic N) is 2. The standard InChI is InChI=1S/C20H25N3O3S2/c21-28(25,26)19-10-9-18(27-19)15-5-7-16(8-6-15)20(24)23-13-3-4-17(23)14-22-11-1-2-12-22/h5-10,17H,1-4,11-14H2,(H2,21,25,26). The molecule has 0 saturated carbocycles. The van der Waals surface area contributed by atoms with E-state index in [0.29, 0.717) is 11.6 Å². The number of amides is 1. The van der Waals surface area contributed by atoms with Crippen molar-refractivity contribution in [3.63, 3.8) is 0 Å². The molecule has 2 fully saturated rings. The monoisotopic (exact) mass is 419 g/mol. The summed E-state index contributed by atoms with van der Waals surface area (Å²) in [6, 6.07) is 11.0. The van der Waals surface area contributed by atoms with Gasteiger partial charge in [-0.2, -0.15) is 0 Å². The molecule has 1 amide bonds. The largest absolute Gasteiger partial charge is 0.334 e. The van der Waals surface area contributed by atoms with Gasteiger partial charge in [0.2, 0.25) is 10.0 Å². The van der Waals surface area contributed by atoms with E-state index in [-0.39, 0.29) is 10.1 Å². The Balaban J connectivity index is 1.47. The lowest BCUT2D eigenvalue weighted by Crippen LogP contribution is -2.42. The molecule has 2 aromatic rings. The molecule has 6 nitrogen and oxygen atoms in total. The maximum atomic E-state index is 13.0. The fraction of sp³-hybridized carbons (Fsp3) is 0.450. The summed E-state index contributed by atoms with van der Waals surface area (Å²) in [5.74, 6) is 0.0876. The van der Waals surface area contributed by atoms with Gasteiger partial charge in [-0.15, -0.1) is 11.3 Å². The van der Waals surface area contributed by atoms with Crippen LogP contribution in [0.15, 0.2) is 40.6 Å². The number of carbonyl (C=O) groups is 1. The van der Waals surface area contributed by atoms with Gasteiger partial charge in [0.1, 0.15) is 4.21 Å². The number of benzene rings is 1. The van der Waals surface area contributed by atoms with Gasteiger partial charge in [0, 0.05) is 29.6 Å². The van der Waals surface area contributed by atoms with Gasteiger partial charge in [0.05, 0.1) is 0 Å². The van der Waals surface area contributed by atoms with Gasteiger partial charge < -0.3 is 9.80 Å². The highest BCUT2D eigenvalue weighted by Gasteiger charge is 2.31. The summed E-state index contributed by atoms with van der Waals surface area (Å²) >= 11 is 1.14. The van der Waals surface area contributed by atoms with Gasteiger partial charge in [0.15, 0.2) is 0 Å². The van der Waals surface area contributed by atoms with E-state index in [4.69, 9.17) is 5.14 Å². The number of nitrogens with two attached hydrogens (primary N) is 1. The zero-order chi connectivity index (χ0) is 19.7. The molecule has 28 heavy (non-hydrogen) atoms. The van der Waals surface area contributed by atoms with E-state index >= 15 is 0 Å². The van der Waals surface area contributed by atoms with Crippen molar-refractivity contribution in [2.45, 2.75) is 35.9 Å². The van der Waals surface area contributed by atoms with E-state index in [1.807, 2.05) is 29.2 Å². The molecule has 0 aliphatic carbocycles. The lowest BCUT2D eigenvalue weighted by molar-refractivity contribution is 0.0709. The summed E-state index contributed by atoms with van der Waals surface area (Å²) in [6.45, 7) is 4.10. The van der Waals surface area contributed by atoms with Crippen molar-refractivity contribution in [1.29, 1.82) is 0 Å². The van der Waals surface area contributed by atoms with Crippen molar-refractivity contribution in [3.8, 4) is 10.4 Å². The predicted octanol–water partition coefficient (Wildman–Crippen LogP) is 2.76. The lowest BCUT2D eigenvalue weighted by Gasteiger charge is -2.28. The van der Waals surface area contributed by atoms with Crippen molar-refractivity contribution >= 4 is 27.3 Å². The number of hydrogen-bond acceptors (Lipinski definition) is 5. The number of sulfonamides is 1. The zero-order valence-corrected chi connectivity index (χ0v) is 17.3. The maximum absolute atomic E-state index is 13.0. The van der Waals surface area contributed by atoms with Crippen molar-refractivity contribution < 1.29 is 13.2 Å². The molecule has 1 unspecified atom stereocenters. The molecule has 2 saturated heterocycles. The van der Waals surface area contributed by atoms with E-state index < -0.39 is 10.0 Å². The minimum atomic E-state index is -3.69.